The fourth-order valence-electron chi connectivity index (χ4n) is 3.09. The van der Waals surface area contributed by atoms with E-state index in [2.05, 4.69) is 16.9 Å². The van der Waals surface area contributed by atoms with Crippen LogP contribution in [-0.4, -0.2) is 21.2 Å². The number of furan rings is 1. The Balaban J connectivity index is 1.64. The molecule has 0 aliphatic carbocycles. The van der Waals surface area contributed by atoms with Gasteiger partial charge in [-0.25, -0.2) is 4.98 Å². The number of allylic oxidation sites excluding steroid dienone is 1. The lowest BCUT2D eigenvalue weighted by Crippen LogP contribution is -2.23. The number of anilines is 1. The van der Waals surface area contributed by atoms with Crippen LogP contribution in [0.5, 0.6) is 0 Å². The zero-order valence-electron chi connectivity index (χ0n) is 16.9. The molecule has 0 unspecified atom stereocenters. The van der Waals surface area contributed by atoms with Gasteiger partial charge in [0.15, 0.2) is 5.16 Å². The van der Waals surface area contributed by atoms with E-state index in [1.807, 2.05) is 24.4 Å². The first kappa shape index (κ1) is 22.7. The van der Waals surface area contributed by atoms with E-state index in [0.29, 0.717) is 42.4 Å². The standard InChI is InChI=1S/C22H17Cl2N3O3S2/c1-3-9-27-21(29)18-13(16-8-7-12(2)30-16)10-31-20(18)26-22(27)32-11-17(28)25-19-14(23)5-4-6-15(19)24/h3-8,10H,1,9,11H2,2H3,(H,25,28). The molecular weight excluding hydrogens is 489 g/mol. The molecular formula is C22H17Cl2N3O3S2. The molecule has 4 rings (SSSR count). The Morgan fingerprint density at radius 3 is 2.72 bits per heavy atom. The number of hydrogen-bond donors (Lipinski definition) is 1. The Bertz CT molecular complexity index is 1370. The van der Waals surface area contributed by atoms with Crippen LogP contribution in [0, 0.1) is 6.92 Å². The highest BCUT2D eigenvalue weighted by Gasteiger charge is 2.19. The number of benzene rings is 1. The number of nitrogens with one attached hydrogen (secondary N) is 1. The third-order valence-electron chi connectivity index (χ3n) is 4.54. The molecule has 0 saturated carbocycles. The Morgan fingerprint density at radius 1 is 1.31 bits per heavy atom. The monoisotopic (exact) mass is 505 g/mol. The smallest absolute Gasteiger partial charge is 0.263 e. The first-order valence-corrected chi connectivity index (χ1v) is 12.1. The van der Waals surface area contributed by atoms with Crippen LogP contribution in [0.4, 0.5) is 5.69 Å². The average molecular weight is 506 g/mol. The molecule has 0 spiro atoms. The topological polar surface area (TPSA) is 77.1 Å². The molecule has 3 heterocycles. The summed E-state index contributed by atoms with van der Waals surface area (Å²) in [5.41, 5.74) is 0.846. The number of para-hydroxylation sites is 1. The number of rotatable bonds is 7. The molecule has 10 heteroatoms. The summed E-state index contributed by atoms with van der Waals surface area (Å²) in [4.78, 5) is 31.0. The number of hydrogen-bond acceptors (Lipinski definition) is 6. The lowest BCUT2D eigenvalue weighted by molar-refractivity contribution is -0.113. The first-order valence-electron chi connectivity index (χ1n) is 9.45. The van der Waals surface area contributed by atoms with Crippen LogP contribution in [0.1, 0.15) is 5.76 Å². The number of carbonyl (C=O) groups is 1. The van der Waals surface area contributed by atoms with E-state index in [9.17, 15) is 9.59 Å². The number of nitrogens with zero attached hydrogens (tertiary/aromatic N) is 2. The van der Waals surface area contributed by atoms with Crippen molar-refractivity contribution in [2.24, 2.45) is 0 Å². The zero-order chi connectivity index (χ0) is 22.8. The van der Waals surface area contributed by atoms with E-state index >= 15 is 0 Å². The van der Waals surface area contributed by atoms with Crippen LogP contribution < -0.4 is 10.9 Å². The second-order valence-corrected chi connectivity index (χ2v) is 9.39. The Kier molecular flexibility index (Phi) is 6.76. The quantitative estimate of drug-likeness (QED) is 0.182. The number of carbonyl (C=O) groups excluding carboxylic acids is 1. The van der Waals surface area contributed by atoms with Crippen molar-refractivity contribution >= 4 is 68.1 Å². The maximum absolute atomic E-state index is 13.3. The lowest BCUT2D eigenvalue weighted by atomic mass is 10.2. The van der Waals surface area contributed by atoms with Crippen molar-refractivity contribution in [1.29, 1.82) is 0 Å². The number of amides is 1. The summed E-state index contributed by atoms with van der Waals surface area (Å²) in [5.74, 6) is 1.08. The van der Waals surface area contributed by atoms with Gasteiger partial charge in [0, 0.05) is 17.5 Å². The Labute approximate surface area is 201 Å². The van der Waals surface area contributed by atoms with Gasteiger partial charge in [0.05, 0.1) is 26.9 Å². The molecule has 32 heavy (non-hydrogen) atoms. The summed E-state index contributed by atoms with van der Waals surface area (Å²) in [6.07, 6.45) is 1.62. The van der Waals surface area contributed by atoms with Crippen LogP contribution in [-0.2, 0) is 11.3 Å². The first-order chi connectivity index (χ1) is 15.4. The molecule has 0 aliphatic rings. The van der Waals surface area contributed by atoms with Gasteiger partial charge in [-0.1, -0.05) is 47.1 Å². The summed E-state index contributed by atoms with van der Waals surface area (Å²) in [7, 11) is 0. The second kappa shape index (κ2) is 9.54. The molecule has 0 aliphatic heterocycles. The van der Waals surface area contributed by atoms with Crippen molar-refractivity contribution in [2.45, 2.75) is 18.6 Å². The molecule has 164 valence electrons. The maximum atomic E-state index is 13.3. The predicted molar refractivity (Wildman–Crippen MR) is 132 cm³/mol. The molecule has 1 N–H and O–H groups in total. The molecule has 0 fully saturated rings. The Hall–Kier alpha value is -2.52. The van der Waals surface area contributed by atoms with Crippen molar-refractivity contribution in [3.05, 3.63) is 74.5 Å². The molecule has 6 nitrogen and oxygen atoms in total. The van der Waals surface area contributed by atoms with Gasteiger partial charge in [-0.3, -0.25) is 14.2 Å². The average Bonchev–Trinajstić information content (AvgIpc) is 3.38. The normalized spacial score (nSPS) is 11.1. The van der Waals surface area contributed by atoms with Crippen molar-refractivity contribution < 1.29 is 9.21 Å². The van der Waals surface area contributed by atoms with Gasteiger partial charge in [-0.15, -0.1) is 17.9 Å². The maximum Gasteiger partial charge on any atom is 0.263 e. The minimum atomic E-state index is -0.317. The van der Waals surface area contributed by atoms with Gasteiger partial charge in [0.25, 0.3) is 5.56 Å². The summed E-state index contributed by atoms with van der Waals surface area (Å²) in [5, 5.41) is 6.17. The largest absolute Gasteiger partial charge is 0.461 e. The molecule has 0 saturated heterocycles. The van der Waals surface area contributed by atoms with Gasteiger partial charge < -0.3 is 9.73 Å². The van der Waals surface area contributed by atoms with Crippen molar-refractivity contribution in [3.8, 4) is 11.3 Å². The highest BCUT2D eigenvalue weighted by Crippen LogP contribution is 2.33. The van der Waals surface area contributed by atoms with Gasteiger partial charge in [0.2, 0.25) is 5.91 Å². The summed E-state index contributed by atoms with van der Waals surface area (Å²) in [6, 6.07) is 8.66. The number of aromatic nitrogens is 2. The van der Waals surface area contributed by atoms with Crippen LogP contribution >= 0.6 is 46.3 Å². The predicted octanol–water partition coefficient (Wildman–Crippen LogP) is 6.25. The molecule has 0 radical (unpaired) electrons. The number of halogens is 2. The van der Waals surface area contributed by atoms with E-state index < -0.39 is 0 Å². The minimum Gasteiger partial charge on any atom is -0.461 e. The third kappa shape index (κ3) is 4.49. The summed E-state index contributed by atoms with van der Waals surface area (Å²) < 4.78 is 7.21. The fraction of sp³-hybridized carbons (Fsp3) is 0.136. The van der Waals surface area contributed by atoms with Crippen LogP contribution in [0.3, 0.4) is 0 Å². The Morgan fingerprint density at radius 2 is 2.06 bits per heavy atom. The zero-order valence-corrected chi connectivity index (χ0v) is 20.0. The number of thiophene rings is 1. The molecule has 0 atom stereocenters. The highest BCUT2D eigenvalue weighted by molar-refractivity contribution is 7.99. The van der Waals surface area contributed by atoms with E-state index in [1.54, 1.807) is 24.3 Å². The number of thioether (sulfide) groups is 1. The summed E-state index contributed by atoms with van der Waals surface area (Å²) in [6.45, 7) is 5.85. The third-order valence-corrected chi connectivity index (χ3v) is 7.01. The van der Waals surface area contributed by atoms with E-state index in [-0.39, 0.29) is 23.8 Å². The van der Waals surface area contributed by atoms with E-state index in [4.69, 9.17) is 27.6 Å². The molecule has 0 bridgehead atoms. The number of aryl methyl sites for hydroxylation is 1. The van der Waals surface area contributed by atoms with Gasteiger partial charge >= 0.3 is 0 Å². The molecule has 4 aromatic rings. The van der Waals surface area contributed by atoms with E-state index in [0.717, 1.165) is 17.5 Å². The lowest BCUT2D eigenvalue weighted by Gasteiger charge is -2.11. The second-order valence-electron chi connectivity index (χ2n) is 6.77. The molecule has 3 aromatic heterocycles. The van der Waals surface area contributed by atoms with Crippen LogP contribution in [0.15, 0.2) is 62.7 Å². The van der Waals surface area contributed by atoms with Gasteiger partial charge in [-0.2, -0.15) is 0 Å². The van der Waals surface area contributed by atoms with E-state index in [1.165, 1.54) is 15.9 Å². The van der Waals surface area contributed by atoms with Crippen LogP contribution in [0.25, 0.3) is 21.5 Å². The minimum absolute atomic E-state index is 0.0201. The molecule has 1 amide bonds. The SMILES string of the molecule is C=CCn1c(SCC(=O)Nc2c(Cl)cccc2Cl)nc2scc(-c3ccc(C)o3)c2c1=O. The molecule has 1 aromatic carbocycles. The van der Waals surface area contributed by atoms with Gasteiger partial charge in [-0.05, 0) is 31.2 Å². The summed E-state index contributed by atoms with van der Waals surface area (Å²) >= 11 is 14.7. The van der Waals surface area contributed by atoms with Crippen molar-refractivity contribution in [2.75, 3.05) is 11.1 Å². The van der Waals surface area contributed by atoms with Gasteiger partial charge in [0.1, 0.15) is 16.4 Å². The van der Waals surface area contributed by atoms with Crippen molar-refractivity contribution in [1.82, 2.24) is 9.55 Å². The highest BCUT2D eigenvalue weighted by atomic mass is 35.5. The fourth-order valence-corrected chi connectivity index (χ4v) is 5.36. The van der Waals surface area contributed by atoms with Crippen LogP contribution in [0.2, 0.25) is 10.0 Å². The van der Waals surface area contributed by atoms with Crippen molar-refractivity contribution in [3.63, 3.8) is 0 Å². The number of fused-ring (bicyclic) bond motifs is 1.